The van der Waals surface area contributed by atoms with Crippen LogP contribution in [-0.2, 0) is 10.2 Å². The monoisotopic (exact) mass is 432 g/mol. The normalized spacial score (nSPS) is 11.2. The Balaban J connectivity index is 1.32. The topological polar surface area (TPSA) is 67.4 Å². The molecule has 0 saturated carbocycles. The van der Waals surface area contributed by atoms with Crippen LogP contribution in [-0.4, -0.2) is 31.5 Å². The molecule has 0 unspecified atom stereocenters. The lowest BCUT2D eigenvalue weighted by atomic mass is 9.87. The molecule has 0 bridgehead atoms. The van der Waals surface area contributed by atoms with Crippen molar-refractivity contribution in [2.24, 2.45) is 0 Å². The third-order valence-corrected chi connectivity index (χ3v) is 5.30. The molecule has 168 valence electrons. The van der Waals surface area contributed by atoms with Crippen molar-refractivity contribution in [3.8, 4) is 5.75 Å². The van der Waals surface area contributed by atoms with E-state index in [1.54, 1.807) is 0 Å². The van der Waals surface area contributed by atoms with Gasteiger partial charge in [-0.3, -0.25) is 9.59 Å². The third-order valence-electron chi connectivity index (χ3n) is 5.30. The van der Waals surface area contributed by atoms with Crippen molar-refractivity contribution in [1.29, 1.82) is 0 Å². The number of fused-ring (bicyclic) bond motifs is 1. The summed E-state index contributed by atoms with van der Waals surface area (Å²) in [6.07, 6.45) is 1.02. The summed E-state index contributed by atoms with van der Waals surface area (Å²) < 4.78 is 5.73. The highest BCUT2D eigenvalue weighted by molar-refractivity contribution is 6.07. The summed E-state index contributed by atoms with van der Waals surface area (Å²) in [7, 11) is 0. The van der Waals surface area contributed by atoms with E-state index in [0.29, 0.717) is 38.1 Å². The first-order valence-corrected chi connectivity index (χ1v) is 11.1. The Hall–Kier alpha value is -3.34. The molecule has 0 heterocycles. The molecule has 0 aliphatic carbocycles. The molecule has 0 saturated heterocycles. The van der Waals surface area contributed by atoms with Crippen molar-refractivity contribution in [3.63, 3.8) is 0 Å². The van der Waals surface area contributed by atoms with Crippen molar-refractivity contribution < 1.29 is 14.3 Å². The highest BCUT2D eigenvalue weighted by atomic mass is 16.5. The van der Waals surface area contributed by atoms with E-state index in [2.05, 4.69) is 43.5 Å². The van der Waals surface area contributed by atoms with Crippen LogP contribution < -0.4 is 15.4 Å². The van der Waals surface area contributed by atoms with Gasteiger partial charge >= 0.3 is 0 Å². The van der Waals surface area contributed by atoms with E-state index in [9.17, 15) is 9.59 Å². The predicted molar refractivity (Wildman–Crippen MR) is 129 cm³/mol. The lowest BCUT2D eigenvalue weighted by Crippen LogP contribution is -2.34. The number of amides is 2. The Kier molecular flexibility index (Phi) is 7.87. The zero-order valence-electron chi connectivity index (χ0n) is 19.1. The molecule has 0 aliphatic heterocycles. The molecule has 5 nitrogen and oxygen atoms in total. The van der Waals surface area contributed by atoms with Crippen LogP contribution in [0.3, 0.4) is 0 Å². The molecule has 3 aromatic carbocycles. The number of rotatable bonds is 9. The fourth-order valence-corrected chi connectivity index (χ4v) is 3.46. The fraction of sp³-hybridized carbons (Fsp3) is 0.333. The average Bonchev–Trinajstić information content (AvgIpc) is 2.79. The third kappa shape index (κ3) is 6.58. The summed E-state index contributed by atoms with van der Waals surface area (Å²) in [5.41, 5.74) is 2.02. The second-order valence-corrected chi connectivity index (χ2v) is 8.86. The molecule has 32 heavy (non-hydrogen) atoms. The van der Waals surface area contributed by atoms with Crippen molar-refractivity contribution >= 4 is 22.6 Å². The summed E-state index contributed by atoms with van der Waals surface area (Å²) in [5, 5.41) is 7.66. The number of benzene rings is 3. The molecular formula is C27H32N2O3. The summed E-state index contributed by atoms with van der Waals surface area (Å²) in [5.74, 6) is 0.632. The number of hydrogen-bond donors (Lipinski definition) is 2. The van der Waals surface area contributed by atoms with Crippen LogP contribution in [0.1, 0.15) is 49.5 Å². The fourth-order valence-electron chi connectivity index (χ4n) is 3.46. The minimum Gasteiger partial charge on any atom is -0.494 e. The number of carbonyl (C=O) groups is 2. The Labute approximate surface area is 190 Å². The lowest BCUT2D eigenvalue weighted by molar-refractivity contribution is -0.121. The maximum Gasteiger partial charge on any atom is 0.251 e. The first-order chi connectivity index (χ1) is 15.3. The van der Waals surface area contributed by atoms with Gasteiger partial charge in [0.15, 0.2) is 0 Å². The molecule has 0 aliphatic rings. The van der Waals surface area contributed by atoms with E-state index in [0.717, 1.165) is 16.5 Å². The van der Waals surface area contributed by atoms with E-state index in [1.165, 1.54) is 5.56 Å². The van der Waals surface area contributed by atoms with Gasteiger partial charge in [0.1, 0.15) is 5.75 Å². The number of nitrogens with one attached hydrogen (secondary N) is 2. The maximum absolute atomic E-state index is 12.5. The van der Waals surface area contributed by atoms with Crippen molar-refractivity contribution in [3.05, 3.63) is 77.9 Å². The molecule has 0 aromatic heterocycles. The van der Waals surface area contributed by atoms with Crippen LogP contribution in [0.4, 0.5) is 0 Å². The van der Waals surface area contributed by atoms with Gasteiger partial charge < -0.3 is 15.4 Å². The number of ether oxygens (including phenoxy) is 1. The van der Waals surface area contributed by atoms with Crippen LogP contribution in [0.15, 0.2) is 66.7 Å². The van der Waals surface area contributed by atoms with Gasteiger partial charge in [-0.05, 0) is 46.4 Å². The molecule has 3 rings (SSSR count). The van der Waals surface area contributed by atoms with E-state index in [1.807, 2.05) is 54.6 Å². The summed E-state index contributed by atoms with van der Waals surface area (Å²) in [4.78, 5) is 24.5. The first-order valence-electron chi connectivity index (χ1n) is 11.1. The van der Waals surface area contributed by atoms with Crippen molar-refractivity contribution in [2.45, 2.75) is 39.0 Å². The maximum atomic E-state index is 12.5. The van der Waals surface area contributed by atoms with Crippen LogP contribution in [0.25, 0.3) is 10.8 Å². The molecule has 0 spiro atoms. The van der Waals surface area contributed by atoms with E-state index < -0.39 is 0 Å². The molecule has 0 fully saturated rings. The van der Waals surface area contributed by atoms with Gasteiger partial charge in [-0.15, -0.1) is 0 Å². The standard InChI is InChI=1S/C27H32N2O3/c1-27(2,3)21-13-15-22(16-14-21)32-19-7-12-25(30)28-17-18-29-26(31)24-11-6-9-20-8-4-5-10-23(20)24/h4-6,8-11,13-16H,7,12,17-19H2,1-3H3,(H,28,30)(H,29,31). The summed E-state index contributed by atoms with van der Waals surface area (Å²) >= 11 is 0. The van der Waals surface area contributed by atoms with Gasteiger partial charge in [0, 0.05) is 25.1 Å². The molecular weight excluding hydrogens is 400 g/mol. The van der Waals surface area contributed by atoms with Crippen molar-refractivity contribution in [2.75, 3.05) is 19.7 Å². The Morgan fingerprint density at radius 3 is 2.28 bits per heavy atom. The predicted octanol–water partition coefficient (Wildman–Crippen LogP) is 4.84. The zero-order valence-corrected chi connectivity index (χ0v) is 19.1. The quantitative estimate of drug-likeness (QED) is 0.475. The van der Waals surface area contributed by atoms with E-state index in [4.69, 9.17) is 4.74 Å². The average molecular weight is 433 g/mol. The van der Waals surface area contributed by atoms with E-state index in [-0.39, 0.29) is 17.2 Å². The SMILES string of the molecule is CC(C)(C)c1ccc(OCCCC(=O)NCCNC(=O)c2cccc3ccccc23)cc1. The summed E-state index contributed by atoms with van der Waals surface area (Å²) in [6.45, 7) is 7.79. The van der Waals surface area contributed by atoms with Gasteiger partial charge in [0.05, 0.1) is 6.61 Å². The van der Waals surface area contributed by atoms with Gasteiger partial charge in [0.25, 0.3) is 5.91 Å². The number of carbonyl (C=O) groups excluding carboxylic acids is 2. The second-order valence-electron chi connectivity index (χ2n) is 8.86. The molecule has 0 atom stereocenters. The number of hydrogen-bond acceptors (Lipinski definition) is 3. The highest BCUT2D eigenvalue weighted by Gasteiger charge is 2.13. The minimum absolute atomic E-state index is 0.0453. The zero-order chi connectivity index (χ0) is 23.0. The molecule has 0 radical (unpaired) electrons. The van der Waals surface area contributed by atoms with Gasteiger partial charge in [0.2, 0.25) is 5.91 Å². The largest absolute Gasteiger partial charge is 0.494 e. The molecule has 3 aromatic rings. The van der Waals surface area contributed by atoms with Gasteiger partial charge in [-0.2, -0.15) is 0 Å². The Morgan fingerprint density at radius 2 is 1.53 bits per heavy atom. The minimum atomic E-state index is -0.137. The van der Waals surface area contributed by atoms with Gasteiger partial charge in [-0.25, -0.2) is 0 Å². The van der Waals surface area contributed by atoms with E-state index >= 15 is 0 Å². The van der Waals surface area contributed by atoms with Crippen molar-refractivity contribution in [1.82, 2.24) is 10.6 Å². The molecule has 5 heteroatoms. The van der Waals surface area contributed by atoms with Crippen LogP contribution in [0.5, 0.6) is 5.75 Å². The Bertz CT molecular complexity index is 1050. The smallest absolute Gasteiger partial charge is 0.251 e. The molecule has 2 N–H and O–H groups in total. The van der Waals surface area contributed by atoms with Crippen LogP contribution in [0.2, 0.25) is 0 Å². The van der Waals surface area contributed by atoms with Gasteiger partial charge in [-0.1, -0.05) is 69.3 Å². The highest BCUT2D eigenvalue weighted by Crippen LogP contribution is 2.24. The van der Waals surface area contributed by atoms with Crippen LogP contribution in [0, 0.1) is 0 Å². The first kappa shape index (κ1) is 23.3. The molecule has 2 amide bonds. The summed E-state index contributed by atoms with van der Waals surface area (Å²) in [6, 6.07) is 21.6. The van der Waals surface area contributed by atoms with Crippen LogP contribution >= 0.6 is 0 Å². The Morgan fingerprint density at radius 1 is 0.844 bits per heavy atom. The lowest BCUT2D eigenvalue weighted by Gasteiger charge is -2.19. The second kappa shape index (κ2) is 10.8.